The summed E-state index contributed by atoms with van der Waals surface area (Å²) in [4.78, 5) is 30.2. The van der Waals surface area contributed by atoms with Gasteiger partial charge in [0, 0.05) is 10.6 Å². The summed E-state index contributed by atoms with van der Waals surface area (Å²) in [6.45, 7) is -0.131. The van der Waals surface area contributed by atoms with E-state index in [4.69, 9.17) is 0 Å². The minimum Gasteiger partial charge on any atom is -0.299 e. The van der Waals surface area contributed by atoms with Crippen molar-refractivity contribution >= 4 is 56.4 Å². The summed E-state index contributed by atoms with van der Waals surface area (Å²) in [5.41, 5.74) is 0.357. The monoisotopic (exact) mass is 415 g/mol. The van der Waals surface area contributed by atoms with Crippen molar-refractivity contribution in [3.8, 4) is 0 Å². The second-order valence-corrected chi connectivity index (χ2v) is 8.72. The van der Waals surface area contributed by atoms with Crippen LogP contribution in [-0.2, 0) is 17.1 Å². The molecule has 27 heavy (non-hydrogen) atoms. The van der Waals surface area contributed by atoms with E-state index in [1.807, 2.05) is 17.5 Å². The Bertz CT molecular complexity index is 1140. The minimum absolute atomic E-state index is 0.131. The van der Waals surface area contributed by atoms with Gasteiger partial charge >= 0.3 is 0 Å². The number of nitrogens with one attached hydrogen (secondary N) is 1. The summed E-state index contributed by atoms with van der Waals surface area (Å²) in [6.07, 6.45) is 1.38. The Morgan fingerprint density at radius 3 is 2.93 bits per heavy atom. The smallest absolute Gasteiger partial charge is 0.261 e. The SMILES string of the molecule is O=C(Cn1cnc2ccccc2c1=O)Nc1nnc(SCc2cccs2)s1. The van der Waals surface area contributed by atoms with E-state index >= 15 is 0 Å². The lowest BCUT2D eigenvalue weighted by atomic mass is 10.2. The molecule has 4 aromatic rings. The normalized spacial score (nSPS) is 11.0. The van der Waals surface area contributed by atoms with Crippen LogP contribution < -0.4 is 10.9 Å². The highest BCUT2D eigenvalue weighted by Gasteiger charge is 2.11. The third-order valence-electron chi connectivity index (χ3n) is 3.62. The fourth-order valence-electron chi connectivity index (χ4n) is 2.38. The number of anilines is 1. The van der Waals surface area contributed by atoms with Gasteiger partial charge in [0.15, 0.2) is 4.34 Å². The maximum absolute atomic E-state index is 12.4. The van der Waals surface area contributed by atoms with Crippen LogP contribution in [0.2, 0.25) is 0 Å². The number of benzene rings is 1. The van der Waals surface area contributed by atoms with Gasteiger partial charge in [-0.15, -0.1) is 21.5 Å². The van der Waals surface area contributed by atoms with Crippen molar-refractivity contribution in [3.05, 3.63) is 63.3 Å². The molecule has 0 saturated heterocycles. The molecular formula is C17H13N5O2S3. The Morgan fingerprint density at radius 2 is 2.07 bits per heavy atom. The number of fused-ring (bicyclic) bond motifs is 1. The zero-order chi connectivity index (χ0) is 18.6. The molecule has 3 heterocycles. The van der Waals surface area contributed by atoms with Gasteiger partial charge in [-0.2, -0.15) is 0 Å². The standard InChI is InChI=1S/C17H13N5O2S3/c23-14(8-22-10-18-13-6-2-1-5-12(13)15(22)24)19-16-20-21-17(27-16)26-9-11-4-3-7-25-11/h1-7,10H,8-9H2,(H,19,20,23). The number of rotatable bonds is 6. The number of aromatic nitrogens is 4. The lowest BCUT2D eigenvalue weighted by molar-refractivity contribution is -0.116. The second kappa shape index (κ2) is 7.99. The van der Waals surface area contributed by atoms with Crippen LogP contribution in [0.3, 0.4) is 0 Å². The summed E-state index contributed by atoms with van der Waals surface area (Å²) in [6, 6.07) is 11.1. The highest BCUT2D eigenvalue weighted by Crippen LogP contribution is 2.29. The Labute approximate surface area is 166 Å². The zero-order valence-electron chi connectivity index (χ0n) is 13.9. The first kappa shape index (κ1) is 17.8. The lowest BCUT2D eigenvalue weighted by Gasteiger charge is -2.05. The summed E-state index contributed by atoms with van der Waals surface area (Å²) in [7, 11) is 0. The largest absolute Gasteiger partial charge is 0.299 e. The Hall–Kier alpha value is -2.56. The quantitative estimate of drug-likeness (QED) is 0.384. The van der Waals surface area contributed by atoms with Crippen molar-refractivity contribution in [2.75, 3.05) is 5.32 Å². The first-order chi connectivity index (χ1) is 13.2. The van der Waals surface area contributed by atoms with Crippen LogP contribution in [0.4, 0.5) is 5.13 Å². The van der Waals surface area contributed by atoms with E-state index in [2.05, 4.69) is 26.6 Å². The highest BCUT2D eigenvalue weighted by atomic mass is 32.2. The molecule has 0 unspecified atom stereocenters. The van der Waals surface area contributed by atoms with E-state index in [1.54, 1.807) is 41.3 Å². The summed E-state index contributed by atoms with van der Waals surface area (Å²) in [5, 5.41) is 13.7. The van der Waals surface area contributed by atoms with Gasteiger partial charge in [-0.3, -0.25) is 19.5 Å². The molecule has 0 bridgehead atoms. The van der Waals surface area contributed by atoms with E-state index in [0.29, 0.717) is 16.0 Å². The van der Waals surface area contributed by atoms with Gasteiger partial charge < -0.3 is 0 Å². The van der Waals surface area contributed by atoms with Gasteiger partial charge in [-0.05, 0) is 23.6 Å². The number of hydrogen-bond acceptors (Lipinski definition) is 8. The predicted molar refractivity (Wildman–Crippen MR) is 108 cm³/mol. The highest BCUT2D eigenvalue weighted by molar-refractivity contribution is 8.00. The number of para-hydroxylation sites is 1. The van der Waals surface area contributed by atoms with Crippen molar-refractivity contribution in [1.82, 2.24) is 19.7 Å². The van der Waals surface area contributed by atoms with Gasteiger partial charge in [0.05, 0.1) is 17.2 Å². The molecule has 3 aromatic heterocycles. The van der Waals surface area contributed by atoms with Gasteiger partial charge in [0.25, 0.3) is 5.56 Å². The number of thioether (sulfide) groups is 1. The van der Waals surface area contributed by atoms with Crippen molar-refractivity contribution in [3.63, 3.8) is 0 Å². The van der Waals surface area contributed by atoms with E-state index in [-0.39, 0.29) is 18.0 Å². The third-order valence-corrected chi connectivity index (χ3v) is 6.70. The van der Waals surface area contributed by atoms with E-state index in [0.717, 1.165) is 10.1 Å². The number of thiophene rings is 1. The molecule has 0 radical (unpaired) electrons. The van der Waals surface area contributed by atoms with Crippen LogP contribution in [0.25, 0.3) is 10.9 Å². The number of carbonyl (C=O) groups is 1. The molecular weight excluding hydrogens is 402 g/mol. The number of carbonyl (C=O) groups excluding carboxylic acids is 1. The van der Waals surface area contributed by atoms with Gasteiger partial charge in [0.2, 0.25) is 11.0 Å². The van der Waals surface area contributed by atoms with Crippen LogP contribution in [-0.4, -0.2) is 25.7 Å². The molecule has 10 heteroatoms. The lowest BCUT2D eigenvalue weighted by Crippen LogP contribution is -2.27. The summed E-state index contributed by atoms with van der Waals surface area (Å²) in [5.74, 6) is 0.471. The molecule has 1 aromatic carbocycles. The Morgan fingerprint density at radius 1 is 1.19 bits per heavy atom. The van der Waals surface area contributed by atoms with Crippen molar-refractivity contribution in [1.29, 1.82) is 0 Å². The van der Waals surface area contributed by atoms with Crippen LogP contribution in [0.5, 0.6) is 0 Å². The Kier molecular flexibility index (Phi) is 5.28. The fourth-order valence-corrected chi connectivity index (χ4v) is 4.92. The number of amides is 1. The Balaban J connectivity index is 1.40. The second-order valence-electron chi connectivity index (χ2n) is 5.48. The molecule has 4 rings (SSSR count). The third kappa shape index (κ3) is 4.24. The first-order valence-corrected chi connectivity index (χ1v) is 10.6. The number of nitrogens with zero attached hydrogens (tertiary/aromatic N) is 4. The molecule has 0 atom stereocenters. The topological polar surface area (TPSA) is 89.8 Å². The van der Waals surface area contributed by atoms with Crippen LogP contribution in [0, 0.1) is 0 Å². The van der Waals surface area contributed by atoms with Crippen LogP contribution >= 0.6 is 34.4 Å². The van der Waals surface area contributed by atoms with Gasteiger partial charge in [0.1, 0.15) is 6.54 Å². The zero-order valence-corrected chi connectivity index (χ0v) is 16.3. The van der Waals surface area contributed by atoms with Gasteiger partial charge in [-0.1, -0.05) is 41.3 Å². The number of hydrogen-bond donors (Lipinski definition) is 1. The minimum atomic E-state index is -0.347. The van der Waals surface area contributed by atoms with E-state index < -0.39 is 0 Å². The molecule has 7 nitrogen and oxygen atoms in total. The van der Waals surface area contributed by atoms with Crippen molar-refractivity contribution in [2.45, 2.75) is 16.6 Å². The molecule has 0 spiro atoms. The van der Waals surface area contributed by atoms with Crippen molar-refractivity contribution < 1.29 is 4.79 Å². The van der Waals surface area contributed by atoms with Crippen LogP contribution in [0.15, 0.2) is 57.2 Å². The molecule has 0 aliphatic rings. The maximum atomic E-state index is 12.4. The van der Waals surface area contributed by atoms with Crippen molar-refractivity contribution in [2.24, 2.45) is 0 Å². The van der Waals surface area contributed by atoms with Gasteiger partial charge in [-0.25, -0.2) is 4.98 Å². The summed E-state index contributed by atoms with van der Waals surface area (Å²) < 4.78 is 2.06. The molecule has 0 aliphatic heterocycles. The maximum Gasteiger partial charge on any atom is 0.261 e. The fraction of sp³-hybridized carbons (Fsp3) is 0.118. The predicted octanol–water partition coefficient (Wildman–Crippen LogP) is 3.24. The molecule has 0 aliphatic carbocycles. The summed E-state index contributed by atoms with van der Waals surface area (Å²) >= 11 is 4.57. The first-order valence-electron chi connectivity index (χ1n) is 7.92. The van der Waals surface area contributed by atoms with E-state index in [1.165, 1.54) is 27.1 Å². The molecule has 1 N–H and O–H groups in total. The molecule has 0 fully saturated rings. The molecule has 0 saturated carbocycles. The average Bonchev–Trinajstić information content (AvgIpc) is 3.34. The molecule has 136 valence electrons. The molecule has 1 amide bonds. The average molecular weight is 416 g/mol. The van der Waals surface area contributed by atoms with Crippen LogP contribution in [0.1, 0.15) is 4.88 Å². The van der Waals surface area contributed by atoms with E-state index in [9.17, 15) is 9.59 Å².